The summed E-state index contributed by atoms with van der Waals surface area (Å²) in [6.07, 6.45) is 14.6. The molecule has 0 bridgehead atoms. The molecule has 0 aromatic carbocycles. The summed E-state index contributed by atoms with van der Waals surface area (Å²) in [4.78, 5) is 0. The van der Waals surface area contributed by atoms with Crippen LogP contribution in [-0.2, 0) is 0 Å². The van der Waals surface area contributed by atoms with E-state index in [1.807, 2.05) is 0 Å². The van der Waals surface area contributed by atoms with Crippen molar-refractivity contribution in [1.29, 1.82) is 0 Å². The first-order chi connectivity index (χ1) is 9.25. The third kappa shape index (κ3) is 3.35. The van der Waals surface area contributed by atoms with E-state index < -0.39 is 0 Å². The summed E-state index contributed by atoms with van der Waals surface area (Å²) < 4.78 is 0. The molecule has 2 fully saturated rings. The summed E-state index contributed by atoms with van der Waals surface area (Å²) >= 11 is 0. The zero-order chi connectivity index (χ0) is 13.7. The maximum atomic E-state index is 3.92. The van der Waals surface area contributed by atoms with Crippen molar-refractivity contribution in [1.82, 2.24) is 5.32 Å². The standard InChI is InChI=1S/C18H35N/c1-4-15-9-11-16(12-10-15)17(19-6-3)18(5-2)13-7-8-14-18/h15-17,19H,4-14H2,1-3H3. The van der Waals surface area contributed by atoms with E-state index in [0.717, 1.165) is 24.4 Å². The van der Waals surface area contributed by atoms with Crippen LogP contribution in [0.2, 0.25) is 0 Å². The fraction of sp³-hybridized carbons (Fsp3) is 1.00. The maximum Gasteiger partial charge on any atom is 0.0151 e. The van der Waals surface area contributed by atoms with Crippen molar-refractivity contribution in [2.24, 2.45) is 17.3 Å². The molecule has 0 spiro atoms. The molecule has 112 valence electrons. The van der Waals surface area contributed by atoms with E-state index in [1.54, 1.807) is 0 Å². The van der Waals surface area contributed by atoms with Gasteiger partial charge in [-0.25, -0.2) is 0 Å². The largest absolute Gasteiger partial charge is 0.313 e. The van der Waals surface area contributed by atoms with Crippen molar-refractivity contribution in [3.05, 3.63) is 0 Å². The summed E-state index contributed by atoms with van der Waals surface area (Å²) in [7, 11) is 0. The van der Waals surface area contributed by atoms with Crippen LogP contribution < -0.4 is 5.32 Å². The van der Waals surface area contributed by atoms with Crippen LogP contribution in [0.5, 0.6) is 0 Å². The van der Waals surface area contributed by atoms with Crippen molar-refractivity contribution < 1.29 is 0 Å². The van der Waals surface area contributed by atoms with Gasteiger partial charge in [-0.3, -0.25) is 0 Å². The minimum absolute atomic E-state index is 0.639. The molecular formula is C18H35N. The molecule has 1 N–H and O–H groups in total. The number of nitrogens with one attached hydrogen (secondary N) is 1. The molecule has 0 saturated heterocycles. The van der Waals surface area contributed by atoms with Crippen LogP contribution in [0.15, 0.2) is 0 Å². The van der Waals surface area contributed by atoms with Gasteiger partial charge in [0.1, 0.15) is 0 Å². The van der Waals surface area contributed by atoms with Crippen molar-refractivity contribution in [3.63, 3.8) is 0 Å². The Morgan fingerprint density at radius 1 is 1.00 bits per heavy atom. The van der Waals surface area contributed by atoms with E-state index in [4.69, 9.17) is 0 Å². The second-order valence-electron chi connectivity index (χ2n) is 7.15. The van der Waals surface area contributed by atoms with E-state index in [2.05, 4.69) is 26.1 Å². The van der Waals surface area contributed by atoms with Crippen LogP contribution in [0.25, 0.3) is 0 Å². The van der Waals surface area contributed by atoms with Crippen LogP contribution in [-0.4, -0.2) is 12.6 Å². The van der Waals surface area contributed by atoms with Gasteiger partial charge in [0.05, 0.1) is 0 Å². The van der Waals surface area contributed by atoms with E-state index in [1.165, 1.54) is 64.2 Å². The average Bonchev–Trinajstić information content (AvgIpc) is 2.95. The molecule has 2 aliphatic carbocycles. The van der Waals surface area contributed by atoms with Crippen molar-refractivity contribution >= 4 is 0 Å². The van der Waals surface area contributed by atoms with Gasteiger partial charge >= 0.3 is 0 Å². The highest BCUT2D eigenvalue weighted by molar-refractivity contribution is 4.98. The Balaban J connectivity index is 2.03. The zero-order valence-electron chi connectivity index (χ0n) is 13.5. The Morgan fingerprint density at radius 2 is 1.63 bits per heavy atom. The first kappa shape index (κ1) is 15.4. The smallest absolute Gasteiger partial charge is 0.0151 e. The van der Waals surface area contributed by atoms with Crippen LogP contribution in [0.4, 0.5) is 0 Å². The average molecular weight is 265 g/mol. The topological polar surface area (TPSA) is 12.0 Å². The lowest BCUT2D eigenvalue weighted by Crippen LogP contribution is -2.49. The lowest BCUT2D eigenvalue weighted by atomic mass is 9.66. The lowest BCUT2D eigenvalue weighted by Gasteiger charge is -2.44. The van der Waals surface area contributed by atoms with Crippen molar-refractivity contribution in [3.8, 4) is 0 Å². The Labute approximate surface area is 120 Å². The molecule has 1 nitrogen and oxygen atoms in total. The Kier molecular flexibility index (Phi) is 5.74. The first-order valence-electron chi connectivity index (χ1n) is 8.99. The molecule has 19 heavy (non-hydrogen) atoms. The predicted octanol–water partition coefficient (Wildman–Crippen LogP) is 5.15. The summed E-state index contributed by atoms with van der Waals surface area (Å²) in [6.45, 7) is 8.26. The molecule has 1 atom stereocenters. The minimum Gasteiger partial charge on any atom is -0.313 e. The van der Waals surface area contributed by atoms with Gasteiger partial charge in [-0.15, -0.1) is 0 Å². The minimum atomic E-state index is 0.639. The quantitative estimate of drug-likeness (QED) is 0.700. The predicted molar refractivity (Wildman–Crippen MR) is 84.4 cm³/mol. The maximum absolute atomic E-state index is 3.92. The second kappa shape index (κ2) is 7.11. The van der Waals surface area contributed by atoms with Gasteiger partial charge in [0, 0.05) is 6.04 Å². The van der Waals surface area contributed by atoms with E-state index in [-0.39, 0.29) is 0 Å². The van der Waals surface area contributed by atoms with Gasteiger partial charge in [-0.1, -0.05) is 52.9 Å². The zero-order valence-corrected chi connectivity index (χ0v) is 13.5. The fourth-order valence-corrected chi connectivity index (χ4v) is 5.00. The normalized spacial score (nSPS) is 32.4. The molecule has 1 heteroatoms. The van der Waals surface area contributed by atoms with E-state index in [9.17, 15) is 0 Å². The molecule has 2 aliphatic rings. The fourth-order valence-electron chi connectivity index (χ4n) is 5.00. The lowest BCUT2D eigenvalue weighted by molar-refractivity contribution is 0.0985. The van der Waals surface area contributed by atoms with Crippen LogP contribution >= 0.6 is 0 Å². The Morgan fingerprint density at radius 3 is 2.11 bits per heavy atom. The molecule has 1 unspecified atom stereocenters. The number of hydrogen-bond acceptors (Lipinski definition) is 1. The number of hydrogen-bond donors (Lipinski definition) is 1. The molecule has 0 radical (unpaired) electrons. The summed E-state index contributed by atoms with van der Waals surface area (Å²) in [5.41, 5.74) is 0.639. The molecule has 2 rings (SSSR count). The van der Waals surface area contributed by atoms with Crippen molar-refractivity contribution in [2.45, 2.75) is 91.0 Å². The summed E-state index contributed by atoms with van der Waals surface area (Å²) in [5.74, 6) is 1.99. The molecule has 0 aromatic rings. The van der Waals surface area contributed by atoms with Gasteiger partial charge in [0.25, 0.3) is 0 Å². The van der Waals surface area contributed by atoms with Crippen molar-refractivity contribution in [2.75, 3.05) is 6.54 Å². The first-order valence-corrected chi connectivity index (χ1v) is 8.99. The number of rotatable bonds is 6. The highest BCUT2D eigenvalue weighted by atomic mass is 14.9. The third-order valence-electron chi connectivity index (χ3n) is 6.33. The monoisotopic (exact) mass is 265 g/mol. The van der Waals surface area contributed by atoms with Gasteiger partial charge in [0.15, 0.2) is 0 Å². The highest BCUT2D eigenvalue weighted by Gasteiger charge is 2.43. The van der Waals surface area contributed by atoms with E-state index >= 15 is 0 Å². The summed E-state index contributed by atoms with van der Waals surface area (Å²) in [6, 6.07) is 0.808. The van der Waals surface area contributed by atoms with Gasteiger partial charge in [0.2, 0.25) is 0 Å². The molecule has 2 saturated carbocycles. The molecule has 0 aliphatic heterocycles. The molecule has 0 amide bonds. The Hall–Kier alpha value is -0.0400. The van der Waals surface area contributed by atoms with Crippen LogP contribution in [0.3, 0.4) is 0 Å². The SMILES string of the molecule is CCNC(C1CCC(CC)CC1)C1(CC)CCCC1. The third-order valence-corrected chi connectivity index (χ3v) is 6.33. The van der Waals surface area contributed by atoms with Gasteiger partial charge in [-0.05, 0) is 55.9 Å². The summed E-state index contributed by atoms with van der Waals surface area (Å²) in [5, 5.41) is 3.92. The molecule has 0 aromatic heterocycles. The Bertz CT molecular complexity index is 246. The van der Waals surface area contributed by atoms with Crippen LogP contribution in [0.1, 0.15) is 85.0 Å². The van der Waals surface area contributed by atoms with Gasteiger partial charge < -0.3 is 5.32 Å². The molecule has 0 heterocycles. The highest BCUT2D eigenvalue weighted by Crippen LogP contribution is 2.48. The van der Waals surface area contributed by atoms with E-state index in [0.29, 0.717) is 5.41 Å². The molecular weight excluding hydrogens is 230 g/mol. The van der Waals surface area contributed by atoms with Gasteiger partial charge in [-0.2, -0.15) is 0 Å². The second-order valence-corrected chi connectivity index (χ2v) is 7.15. The van der Waals surface area contributed by atoms with Crippen LogP contribution in [0, 0.1) is 17.3 Å².